The van der Waals surface area contributed by atoms with Crippen LogP contribution in [-0.2, 0) is 12.4 Å². The van der Waals surface area contributed by atoms with E-state index in [1.165, 1.54) is 25.1 Å². The summed E-state index contributed by atoms with van der Waals surface area (Å²) in [6.45, 7) is 1.41. The summed E-state index contributed by atoms with van der Waals surface area (Å²) < 4.78 is 82.6. The van der Waals surface area contributed by atoms with Gasteiger partial charge in [-0.25, -0.2) is 0 Å². The molecule has 0 atom stereocenters. The number of nitrogens with one attached hydrogen (secondary N) is 1. The normalized spacial score (nSPS) is 11.8. The van der Waals surface area contributed by atoms with Crippen molar-refractivity contribution >= 4 is 17.5 Å². The summed E-state index contributed by atoms with van der Waals surface area (Å²) in [5.41, 5.74) is 3.40. The van der Waals surface area contributed by atoms with E-state index in [1.54, 1.807) is 36.4 Å². The molecule has 0 saturated carbocycles. The summed E-state index contributed by atoms with van der Waals surface area (Å²) in [5, 5.41) is 2.37. The second kappa shape index (κ2) is 10.3. The molecule has 0 heterocycles. The molecule has 4 nitrogen and oxygen atoms in total. The number of primary amides is 1. The van der Waals surface area contributed by atoms with Crippen molar-refractivity contribution in [2.24, 2.45) is 5.73 Å². The number of nitrogens with two attached hydrogens (primary N) is 1. The summed E-state index contributed by atoms with van der Waals surface area (Å²) in [5.74, 6) is -1.28. The van der Waals surface area contributed by atoms with Crippen LogP contribution in [0, 0.1) is 6.92 Å². The van der Waals surface area contributed by atoms with Gasteiger partial charge in [0.1, 0.15) is 0 Å². The highest BCUT2D eigenvalue weighted by Gasteiger charge is 2.38. The summed E-state index contributed by atoms with van der Waals surface area (Å²) >= 11 is 0. The first-order valence-electron chi connectivity index (χ1n) is 11.4. The number of amides is 2. The molecule has 0 saturated heterocycles. The molecule has 4 rings (SSSR count). The van der Waals surface area contributed by atoms with Crippen molar-refractivity contribution in [3.8, 4) is 22.3 Å². The van der Waals surface area contributed by atoms with Crippen LogP contribution in [0.5, 0.6) is 0 Å². The lowest BCUT2D eigenvalue weighted by Crippen LogP contribution is -2.15. The molecule has 0 aliphatic heterocycles. The lowest BCUT2D eigenvalue weighted by atomic mass is 9.93. The summed E-state index contributed by atoms with van der Waals surface area (Å²) in [6, 6.07) is 18.4. The fourth-order valence-corrected chi connectivity index (χ4v) is 4.06. The number of hydrogen-bond acceptors (Lipinski definition) is 2. The van der Waals surface area contributed by atoms with Gasteiger partial charge in [-0.1, -0.05) is 48.0 Å². The predicted molar refractivity (Wildman–Crippen MR) is 135 cm³/mol. The Morgan fingerprint density at radius 2 is 1.10 bits per heavy atom. The Morgan fingerprint density at radius 1 is 0.641 bits per heavy atom. The number of carbonyl (C=O) groups excluding carboxylic acids is 2. The first kappa shape index (κ1) is 27.4. The van der Waals surface area contributed by atoms with Crippen molar-refractivity contribution < 1.29 is 35.9 Å². The zero-order valence-electron chi connectivity index (χ0n) is 20.2. The molecule has 2 amide bonds. The maximum atomic E-state index is 13.9. The molecule has 200 valence electrons. The van der Waals surface area contributed by atoms with Crippen molar-refractivity contribution in [2.45, 2.75) is 19.3 Å². The molecule has 10 heteroatoms. The van der Waals surface area contributed by atoms with Crippen molar-refractivity contribution in [3.63, 3.8) is 0 Å². The van der Waals surface area contributed by atoms with Crippen molar-refractivity contribution in [2.75, 3.05) is 5.32 Å². The minimum atomic E-state index is -4.99. The van der Waals surface area contributed by atoms with Gasteiger partial charge in [-0.3, -0.25) is 9.59 Å². The van der Waals surface area contributed by atoms with Gasteiger partial charge in [0.25, 0.3) is 5.91 Å². The van der Waals surface area contributed by atoms with E-state index in [4.69, 9.17) is 5.73 Å². The van der Waals surface area contributed by atoms with Crippen LogP contribution < -0.4 is 11.1 Å². The van der Waals surface area contributed by atoms with Gasteiger partial charge < -0.3 is 11.1 Å². The van der Waals surface area contributed by atoms with Gasteiger partial charge in [0.05, 0.1) is 11.1 Å². The molecule has 3 N–H and O–H groups in total. The van der Waals surface area contributed by atoms with Crippen LogP contribution in [0.1, 0.15) is 37.4 Å². The molecule has 39 heavy (non-hydrogen) atoms. The van der Waals surface area contributed by atoms with E-state index < -0.39 is 46.4 Å². The van der Waals surface area contributed by atoms with E-state index in [-0.39, 0.29) is 16.8 Å². The van der Waals surface area contributed by atoms with Crippen LogP contribution in [0.15, 0.2) is 84.9 Å². The molecule has 0 aliphatic carbocycles. The van der Waals surface area contributed by atoms with Crippen LogP contribution in [0.25, 0.3) is 22.3 Å². The van der Waals surface area contributed by atoms with Crippen molar-refractivity contribution in [1.29, 1.82) is 0 Å². The number of aryl methyl sites for hydroxylation is 1. The fourth-order valence-electron chi connectivity index (χ4n) is 4.06. The molecular formula is C29H20F6N2O2. The maximum absolute atomic E-state index is 13.9. The predicted octanol–water partition coefficient (Wildman–Crippen LogP) is 7.72. The summed E-state index contributed by atoms with van der Waals surface area (Å²) in [7, 11) is 0. The number of halogens is 6. The first-order chi connectivity index (χ1) is 18.2. The lowest BCUT2D eigenvalue weighted by Gasteiger charge is -2.19. The molecule has 0 aromatic heterocycles. The highest BCUT2D eigenvalue weighted by Crippen LogP contribution is 2.43. The SMILES string of the molecule is Cc1ccc(-c2ccc(NC(=O)c3ccc(-c4ccc(C(N)=O)cc4)cc3)cc2C(F)(F)F)c(C(F)(F)F)c1. The molecule has 4 aromatic rings. The maximum Gasteiger partial charge on any atom is 0.417 e. The molecule has 0 radical (unpaired) electrons. The molecule has 0 spiro atoms. The van der Waals surface area contributed by atoms with E-state index in [2.05, 4.69) is 5.32 Å². The van der Waals surface area contributed by atoms with Crippen LogP contribution in [0.2, 0.25) is 0 Å². The number of carbonyl (C=O) groups is 2. The molecule has 0 fully saturated rings. The highest BCUT2D eigenvalue weighted by molar-refractivity contribution is 6.04. The fraction of sp³-hybridized carbons (Fsp3) is 0.103. The van der Waals surface area contributed by atoms with Gasteiger partial charge in [-0.2, -0.15) is 26.3 Å². The van der Waals surface area contributed by atoms with Gasteiger partial charge >= 0.3 is 12.4 Å². The second-order valence-corrected chi connectivity index (χ2v) is 8.78. The summed E-state index contributed by atoms with van der Waals surface area (Å²) in [4.78, 5) is 24.0. The molecule has 0 bridgehead atoms. The van der Waals surface area contributed by atoms with Crippen LogP contribution in [0.4, 0.5) is 32.0 Å². The quantitative estimate of drug-likeness (QED) is 0.254. The zero-order valence-corrected chi connectivity index (χ0v) is 20.2. The standard InChI is InChI=1S/C29H20F6N2O2/c1-16-2-12-22(24(14-16)28(30,31)32)23-13-11-21(15-25(23)29(33,34)35)37-27(39)20-9-5-18(6-10-20)17-3-7-19(8-4-17)26(36)38/h2-15H,1H3,(H2,36,38)(H,37,39). The van der Waals surface area contributed by atoms with Crippen LogP contribution in [0.3, 0.4) is 0 Å². The number of rotatable bonds is 5. The topological polar surface area (TPSA) is 72.2 Å². The lowest BCUT2D eigenvalue weighted by molar-refractivity contribution is -0.139. The van der Waals surface area contributed by atoms with E-state index in [0.717, 1.165) is 29.8 Å². The number of benzene rings is 4. The van der Waals surface area contributed by atoms with E-state index >= 15 is 0 Å². The molecule has 4 aromatic carbocycles. The van der Waals surface area contributed by atoms with E-state index in [1.807, 2.05) is 0 Å². The van der Waals surface area contributed by atoms with Gasteiger partial charge in [-0.15, -0.1) is 0 Å². The minimum Gasteiger partial charge on any atom is -0.366 e. The Bertz CT molecular complexity index is 1540. The molecule has 0 unspecified atom stereocenters. The zero-order chi connectivity index (χ0) is 28.5. The molecular weight excluding hydrogens is 522 g/mol. The monoisotopic (exact) mass is 542 g/mol. The van der Waals surface area contributed by atoms with Gasteiger partial charge in [0.2, 0.25) is 5.91 Å². The highest BCUT2D eigenvalue weighted by atomic mass is 19.4. The number of alkyl halides is 6. The Balaban J connectivity index is 1.62. The number of hydrogen-bond donors (Lipinski definition) is 2. The Hall–Kier alpha value is -4.60. The van der Waals surface area contributed by atoms with E-state index in [9.17, 15) is 35.9 Å². The van der Waals surface area contributed by atoms with Gasteiger partial charge in [-0.05, 0) is 71.6 Å². The smallest absolute Gasteiger partial charge is 0.366 e. The van der Waals surface area contributed by atoms with Crippen molar-refractivity contribution in [1.82, 2.24) is 0 Å². The van der Waals surface area contributed by atoms with Gasteiger partial charge in [0, 0.05) is 16.8 Å². The van der Waals surface area contributed by atoms with Crippen molar-refractivity contribution in [3.05, 3.63) is 113 Å². The summed E-state index contributed by atoms with van der Waals surface area (Å²) in [6.07, 6.45) is -9.86. The minimum absolute atomic E-state index is 0.142. The van der Waals surface area contributed by atoms with Crippen LogP contribution >= 0.6 is 0 Å². The molecule has 0 aliphatic rings. The van der Waals surface area contributed by atoms with Gasteiger partial charge in [0.15, 0.2) is 0 Å². The largest absolute Gasteiger partial charge is 0.417 e. The van der Waals surface area contributed by atoms with Crippen LogP contribution in [-0.4, -0.2) is 11.8 Å². The number of anilines is 1. The third-order valence-corrected chi connectivity index (χ3v) is 6.00. The third-order valence-electron chi connectivity index (χ3n) is 6.00. The Kier molecular flexibility index (Phi) is 7.23. The average molecular weight is 542 g/mol. The average Bonchev–Trinajstić information content (AvgIpc) is 2.88. The Morgan fingerprint density at radius 3 is 1.59 bits per heavy atom. The second-order valence-electron chi connectivity index (χ2n) is 8.78. The van der Waals surface area contributed by atoms with E-state index in [0.29, 0.717) is 17.2 Å². The Labute approximate surface area is 219 Å². The third kappa shape index (κ3) is 6.11. The first-order valence-corrected chi connectivity index (χ1v) is 11.4.